The van der Waals surface area contributed by atoms with E-state index in [0.29, 0.717) is 30.4 Å². The Bertz CT molecular complexity index is 1670. The van der Waals surface area contributed by atoms with Gasteiger partial charge < -0.3 is 15.2 Å². The van der Waals surface area contributed by atoms with Crippen molar-refractivity contribution in [1.29, 1.82) is 0 Å². The second-order valence-corrected chi connectivity index (χ2v) is 12.8. The van der Waals surface area contributed by atoms with E-state index in [2.05, 4.69) is 68.1 Å². The molecule has 5 aromatic rings. The number of rotatable bonds is 8. The van der Waals surface area contributed by atoms with Crippen molar-refractivity contribution in [3.05, 3.63) is 72.1 Å². The first-order valence-corrected chi connectivity index (χ1v) is 14.9. The second kappa shape index (κ2) is 9.21. The molecule has 3 saturated carbocycles. The summed E-state index contributed by atoms with van der Waals surface area (Å²) in [6, 6.07) is 6.98. The molecule has 0 amide bonds. The van der Waals surface area contributed by atoms with Gasteiger partial charge in [-0.15, -0.1) is 11.3 Å². The zero-order chi connectivity index (χ0) is 26.8. The van der Waals surface area contributed by atoms with E-state index in [1.165, 1.54) is 15.6 Å². The van der Waals surface area contributed by atoms with Crippen molar-refractivity contribution in [2.24, 2.45) is 11.3 Å². The third-order valence-electron chi connectivity index (χ3n) is 9.31. The Morgan fingerprint density at radius 2 is 2.10 bits per heavy atom. The summed E-state index contributed by atoms with van der Waals surface area (Å²) in [7, 11) is 0. The molecule has 10 heteroatoms. The molecular formula is C30H31FN8S. The van der Waals surface area contributed by atoms with Crippen LogP contribution in [0.15, 0.2) is 60.9 Å². The van der Waals surface area contributed by atoms with Gasteiger partial charge in [0, 0.05) is 60.1 Å². The first-order valence-electron chi connectivity index (χ1n) is 14.0. The second-order valence-electron chi connectivity index (χ2n) is 11.9. The van der Waals surface area contributed by atoms with Gasteiger partial charge >= 0.3 is 0 Å². The summed E-state index contributed by atoms with van der Waals surface area (Å²) in [6.07, 6.45) is 14.8. The fourth-order valence-corrected chi connectivity index (χ4v) is 7.76. The van der Waals surface area contributed by atoms with Crippen LogP contribution in [-0.4, -0.2) is 54.1 Å². The Morgan fingerprint density at radius 1 is 1.18 bits per heavy atom. The van der Waals surface area contributed by atoms with Gasteiger partial charge in [-0.2, -0.15) is 5.10 Å². The SMILES string of the molecule is CC(NCC1Cc2cnc(Cn3cnc(-c4cncc(-n5cc6ccsc6c5)c4)n3)cc2N1)C12CC(C1)[C@@H](F)C2. The Morgan fingerprint density at radius 3 is 2.95 bits per heavy atom. The summed E-state index contributed by atoms with van der Waals surface area (Å²) in [5, 5.41) is 15.4. The van der Waals surface area contributed by atoms with Crippen LogP contribution in [0, 0.1) is 11.3 Å². The normalized spacial score (nSPS) is 25.6. The van der Waals surface area contributed by atoms with Crippen LogP contribution in [0.25, 0.3) is 27.2 Å². The predicted octanol–water partition coefficient (Wildman–Crippen LogP) is 5.24. The number of pyridine rings is 2. The molecule has 3 aliphatic carbocycles. The van der Waals surface area contributed by atoms with E-state index in [4.69, 9.17) is 10.1 Å². The summed E-state index contributed by atoms with van der Waals surface area (Å²) in [6.45, 7) is 3.64. The molecule has 3 atom stereocenters. The zero-order valence-electron chi connectivity index (χ0n) is 22.3. The third kappa shape index (κ3) is 4.12. The average Bonchev–Trinajstić information content (AvgIpc) is 3.76. The number of nitrogens with zero attached hydrogens (tertiary/aromatic N) is 6. The largest absolute Gasteiger partial charge is 0.380 e. The number of hydrogen-bond acceptors (Lipinski definition) is 7. The molecule has 40 heavy (non-hydrogen) atoms. The van der Waals surface area contributed by atoms with Crippen molar-refractivity contribution in [3.63, 3.8) is 0 Å². The monoisotopic (exact) mass is 554 g/mol. The van der Waals surface area contributed by atoms with E-state index in [1.807, 2.05) is 17.1 Å². The molecule has 0 spiro atoms. The summed E-state index contributed by atoms with van der Waals surface area (Å²) in [5.41, 5.74) is 5.34. The standard InChI is InChI=1S/C30H31FN8S/c1-18(30-7-22(8-30)26(31)9-30)33-12-23-4-20-11-34-24(6-27(20)36-23)15-39-17-35-29(37-39)21-5-25(13-32-10-21)38-14-19-2-3-40-28(19)16-38/h2-3,5-6,10-11,13-14,16-18,22-23,26,33,36H,4,7-9,12,15H2,1H3/t18?,22?,23?,26-,30?/m0/s1. The highest BCUT2D eigenvalue weighted by Gasteiger charge is 2.58. The van der Waals surface area contributed by atoms with Crippen molar-refractivity contribution in [1.82, 2.24) is 34.6 Å². The van der Waals surface area contributed by atoms with Crippen LogP contribution in [0.3, 0.4) is 0 Å². The summed E-state index contributed by atoms with van der Waals surface area (Å²) < 4.78 is 19.2. The molecule has 2 N–H and O–H groups in total. The molecule has 3 fully saturated rings. The quantitative estimate of drug-likeness (QED) is 0.273. The van der Waals surface area contributed by atoms with E-state index < -0.39 is 6.17 Å². The smallest absolute Gasteiger partial charge is 0.182 e. The molecule has 0 saturated heterocycles. The number of hydrogen-bond donors (Lipinski definition) is 2. The van der Waals surface area contributed by atoms with E-state index in [-0.39, 0.29) is 5.41 Å². The van der Waals surface area contributed by atoms with Crippen molar-refractivity contribution < 1.29 is 4.39 Å². The number of fused-ring (bicyclic) bond motifs is 3. The third-order valence-corrected chi connectivity index (χ3v) is 10.2. The van der Waals surface area contributed by atoms with Crippen LogP contribution < -0.4 is 10.6 Å². The minimum absolute atomic E-state index is 0.178. The number of anilines is 1. The number of halogens is 1. The van der Waals surface area contributed by atoms with E-state index in [1.54, 1.807) is 23.9 Å². The van der Waals surface area contributed by atoms with Crippen molar-refractivity contribution in [3.8, 4) is 17.1 Å². The molecule has 4 aliphatic rings. The zero-order valence-corrected chi connectivity index (χ0v) is 23.1. The van der Waals surface area contributed by atoms with Gasteiger partial charge in [0.25, 0.3) is 0 Å². The highest BCUT2D eigenvalue weighted by Crippen LogP contribution is 2.61. The number of nitrogens with one attached hydrogen (secondary N) is 2. The van der Waals surface area contributed by atoms with Crippen LogP contribution in [0.2, 0.25) is 0 Å². The van der Waals surface area contributed by atoms with Gasteiger partial charge in [0.1, 0.15) is 12.5 Å². The van der Waals surface area contributed by atoms with E-state index in [0.717, 1.165) is 54.9 Å². The molecule has 6 heterocycles. The Labute approximate surface area is 235 Å². The first-order chi connectivity index (χ1) is 19.5. The van der Waals surface area contributed by atoms with Crippen molar-refractivity contribution in [2.45, 2.75) is 57.4 Å². The van der Waals surface area contributed by atoms with Crippen molar-refractivity contribution in [2.75, 3.05) is 11.9 Å². The number of alkyl halides is 1. The predicted molar refractivity (Wildman–Crippen MR) is 155 cm³/mol. The van der Waals surface area contributed by atoms with Gasteiger partial charge in [0.05, 0.1) is 28.8 Å². The van der Waals surface area contributed by atoms with Crippen molar-refractivity contribution >= 4 is 27.1 Å². The molecule has 1 aliphatic heterocycles. The van der Waals surface area contributed by atoms with Crippen LogP contribution in [0.4, 0.5) is 10.1 Å². The molecular weight excluding hydrogens is 523 g/mol. The Balaban J connectivity index is 0.912. The topological polar surface area (TPSA) is 85.5 Å². The maximum atomic E-state index is 14.0. The van der Waals surface area contributed by atoms with Crippen LogP contribution >= 0.6 is 11.3 Å². The molecule has 0 radical (unpaired) electrons. The molecule has 204 valence electrons. The Kier molecular flexibility index (Phi) is 5.57. The molecule has 5 aromatic heterocycles. The summed E-state index contributed by atoms with van der Waals surface area (Å²) in [4.78, 5) is 13.7. The van der Waals surface area contributed by atoms with Crippen LogP contribution in [0.5, 0.6) is 0 Å². The van der Waals surface area contributed by atoms with Gasteiger partial charge in [-0.1, -0.05) is 0 Å². The van der Waals surface area contributed by atoms with E-state index in [9.17, 15) is 4.39 Å². The maximum Gasteiger partial charge on any atom is 0.182 e. The Hall–Kier alpha value is -3.63. The highest BCUT2D eigenvalue weighted by atomic mass is 32.1. The fraction of sp³-hybridized carbons (Fsp3) is 0.400. The number of aromatic nitrogens is 6. The lowest BCUT2D eigenvalue weighted by Gasteiger charge is -2.43. The lowest BCUT2D eigenvalue weighted by molar-refractivity contribution is 0.0892. The molecule has 2 unspecified atom stereocenters. The number of thiophene rings is 1. The minimum Gasteiger partial charge on any atom is -0.380 e. The highest BCUT2D eigenvalue weighted by molar-refractivity contribution is 7.17. The average molecular weight is 555 g/mol. The summed E-state index contributed by atoms with van der Waals surface area (Å²) in [5.74, 6) is 0.953. The van der Waals surface area contributed by atoms with Gasteiger partial charge in [-0.05, 0) is 73.1 Å². The van der Waals surface area contributed by atoms with Gasteiger partial charge in [0.15, 0.2) is 5.82 Å². The molecule has 0 aromatic carbocycles. The van der Waals surface area contributed by atoms with Crippen LogP contribution in [0.1, 0.15) is 37.4 Å². The van der Waals surface area contributed by atoms with Crippen LogP contribution in [-0.2, 0) is 13.0 Å². The molecule has 2 bridgehead atoms. The molecule has 9 rings (SSSR count). The summed E-state index contributed by atoms with van der Waals surface area (Å²) >= 11 is 1.73. The maximum absolute atomic E-state index is 14.0. The molecule has 8 nitrogen and oxygen atoms in total. The van der Waals surface area contributed by atoms with Gasteiger partial charge in [0.2, 0.25) is 0 Å². The lowest BCUT2D eigenvalue weighted by Crippen LogP contribution is -2.49. The van der Waals surface area contributed by atoms with Gasteiger partial charge in [-0.25, -0.2) is 14.1 Å². The first kappa shape index (κ1) is 24.2. The van der Waals surface area contributed by atoms with Gasteiger partial charge in [-0.3, -0.25) is 9.97 Å². The lowest BCUT2D eigenvalue weighted by atomic mass is 9.65. The van der Waals surface area contributed by atoms with E-state index >= 15 is 0 Å². The minimum atomic E-state index is -0.590. The fourth-order valence-electron chi connectivity index (χ4n) is 6.96.